The number of thioether (sulfide) groups is 2. The fourth-order valence-electron chi connectivity index (χ4n) is 3.67. The van der Waals surface area contributed by atoms with Crippen molar-refractivity contribution in [2.24, 2.45) is 0 Å². The van der Waals surface area contributed by atoms with Crippen LogP contribution in [0.1, 0.15) is 11.1 Å². The molecule has 3 aromatic carbocycles. The van der Waals surface area contributed by atoms with Crippen LogP contribution in [0.5, 0.6) is 5.75 Å². The average molecular weight is 565 g/mol. The number of rotatable bonds is 8. The first kappa shape index (κ1) is 25.4. The van der Waals surface area contributed by atoms with Crippen molar-refractivity contribution in [2.75, 3.05) is 19.0 Å². The second-order valence-corrected chi connectivity index (χ2v) is 11.8. The highest BCUT2D eigenvalue weighted by Gasteiger charge is 2.33. The summed E-state index contributed by atoms with van der Waals surface area (Å²) in [6, 6.07) is 21.8. The molecule has 5 rings (SSSR count). The van der Waals surface area contributed by atoms with Gasteiger partial charge in [0.15, 0.2) is 4.34 Å². The molecule has 2 heterocycles. The maximum atomic E-state index is 12.9. The number of nitrogens with one attached hydrogen (secondary N) is 1. The lowest BCUT2D eigenvalue weighted by Gasteiger charge is -2.13. The Hall–Kier alpha value is -3.25. The molecule has 37 heavy (non-hydrogen) atoms. The number of fused-ring (bicyclic) bond motifs is 1. The van der Waals surface area contributed by atoms with Crippen LogP contribution < -0.4 is 10.1 Å². The number of ether oxygens (including phenoxy) is 1. The molecule has 1 fully saturated rings. The van der Waals surface area contributed by atoms with Gasteiger partial charge in [0, 0.05) is 5.75 Å². The van der Waals surface area contributed by atoms with Gasteiger partial charge in [-0.3, -0.25) is 19.8 Å². The minimum absolute atomic E-state index is 0.192. The molecule has 0 bridgehead atoms. The van der Waals surface area contributed by atoms with E-state index in [0.717, 1.165) is 21.4 Å². The number of hydrogen-bond donors (Lipinski definition) is 1. The van der Waals surface area contributed by atoms with Crippen molar-refractivity contribution in [3.63, 3.8) is 0 Å². The SMILES string of the molecule is COc1ccc(/C=C2\SC(=S)N(CC(=O)Nc3nnc(SCc4cccc5ccccc45)s3)C2=O)cc1. The molecule has 2 amide bonds. The van der Waals surface area contributed by atoms with Crippen LogP contribution in [0.3, 0.4) is 0 Å². The van der Waals surface area contributed by atoms with E-state index in [4.69, 9.17) is 17.0 Å². The maximum Gasteiger partial charge on any atom is 0.266 e. The van der Waals surface area contributed by atoms with Crippen molar-refractivity contribution in [2.45, 2.75) is 10.1 Å². The molecule has 1 aromatic heterocycles. The molecule has 0 saturated carbocycles. The lowest BCUT2D eigenvalue weighted by atomic mass is 10.1. The standard InChI is InChI=1S/C26H20N4O3S4/c1-33-19-11-9-16(10-12-19)13-21-23(32)30(26(34)36-21)14-22(31)27-24-28-29-25(37-24)35-15-18-7-4-6-17-5-2-3-8-20(17)18/h2-13H,14-15H2,1H3,(H,27,28,31)/b21-13-. The third-order valence-electron chi connectivity index (χ3n) is 5.47. The molecule has 11 heteroatoms. The van der Waals surface area contributed by atoms with E-state index in [1.807, 2.05) is 42.5 Å². The number of aromatic nitrogens is 2. The van der Waals surface area contributed by atoms with Crippen LogP contribution >= 0.6 is 47.1 Å². The Labute approximate surface area is 231 Å². The summed E-state index contributed by atoms with van der Waals surface area (Å²) < 4.78 is 6.24. The highest BCUT2D eigenvalue weighted by atomic mass is 32.2. The minimum Gasteiger partial charge on any atom is -0.497 e. The maximum absolute atomic E-state index is 12.9. The third-order valence-corrected chi connectivity index (χ3v) is 8.87. The first-order chi connectivity index (χ1) is 18.0. The van der Waals surface area contributed by atoms with E-state index < -0.39 is 0 Å². The molecule has 0 unspecified atom stereocenters. The van der Waals surface area contributed by atoms with Crippen molar-refractivity contribution in [1.82, 2.24) is 15.1 Å². The van der Waals surface area contributed by atoms with Crippen LogP contribution in [0, 0.1) is 0 Å². The number of hydrogen-bond acceptors (Lipinski definition) is 9. The zero-order valence-corrected chi connectivity index (χ0v) is 22.8. The second-order valence-electron chi connectivity index (χ2n) is 7.89. The van der Waals surface area contributed by atoms with Gasteiger partial charge in [0.05, 0.1) is 12.0 Å². The lowest BCUT2D eigenvalue weighted by Crippen LogP contribution is -2.36. The molecular weight excluding hydrogens is 545 g/mol. The summed E-state index contributed by atoms with van der Waals surface area (Å²) in [6.07, 6.45) is 1.75. The summed E-state index contributed by atoms with van der Waals surface area (Å²) in [5.41, 5.74) is 2.05. The molecule has 7 nitrogen and oxygen atoms in total. The molecule has 0 atom stereocenters. The Kier molecular flexibility index (Phi) is 7.85. The van der Waals surface area contributed by atoms with Crippen LogP contribution in [-0.4, -0.2) is 44.9 Å². The smallest absolute Gasteiger partial charge is 0.266 e. The van der Waals surface area contributed by atoms with Gasteiger partial charge in [0.2, 0.25) is 11.0 Å². The summed E-state index contributed by atoms with van der Waals surface area (Å²) >= 11 is 9.38. The number of carbonyl (C=O) groups is 2. The van der Waals surface area contributed by atoms with E-state index in [9.17, 15) is 9.59 Å². The molecule has 1 saturated heterocycles. The predicted molar refractivity (Wildman–Crippen MR) is 155 cm³/mol. The monoisotopic (exact) mass is 564 g/mol. The van der Waals surface area contributed by atoms with Crippen molar-refractivity contribution >= 4 is 85.2 Å². The molecule has 0 aliphatic carbocycles. The molecule has 0 radical (unpaired) electrons. The highest BCUT2D eigenvalue weighted by Crippen LogP contribution is 2.33. The van der Waals surface area contributed by atoms with E-state index in [1.165, 1.54) is 44.3 Å². The van der Waals surface area contributed by atoms with Crippen molar-refractivity contribution in [3.05, 3.63) is 82.8 Å². The first-order valence-corrected chi connectivity index (χ1v) is 14.1. The number of carbonyl (C=O) groups excluding carboxylic acids is 2. The van der Waals surface area contributed by atoms with Crippen LogP contribution in [0.2, 0.25) is 0 Å². The minimum atomic E-state index is -0.385. The fourth-order valence-corrected chi connectivity index (χ4v) is 6.69. The Morgan fingerprint density at radius 2 is 1.89 bits per heavy atom. The zero-order chi connectivity index (χ0) is 25.8. The fraction of sp³-hybridized carbons (Fsp3) is 0.115. The van der Waals surface area contributed by atoms with E-state index >= 15 is 0 Å². The zero-order valence-electron chi connectivity index (χ0n) is 19.5. The molecule has 4 aromatic rings. The first-order valence-electron chi connectivity index (χ1n) is 11.1. The van der Waals surface area contributed by atoms with Gasteiger partial charge in [-0.25, -0.2) is 0 Å². The Morgan fingerprint density at radius 3 is 2.70 bits per heavy atom. The summed E-state index contributed by atoms with van der Waals surface area (Å²) in [4.78, 5) is 27.3. The van der Waals surface area contributed by atoms with Gasteiger partial charge in [-0.15, -0.1) is 10.2 Å². The Balaban J connectivity index is 1.17. The Morgan fingerprint density at radius 1 is 1.11 bits per heavy atom. The van der Waals surface area contributed by atoms with Crippen molar-refractivity contribution in [1.29, 1.82) is 0 Å². The van der Waals surface area contributed by atoms with Crippen LogP contribution in [0.4, 0.5) is 5.13 Å². The van der Waals surface area contributed by atoms with E-state index in [0.29, 0.717) is 14.4 Å². The summed E-state index contributed by atoms with van der Waals surface area (Å²) in [5.74, 6) is 0.780. The van der Waals surface area contributed by atoms with Crippen LogP contribution in [0.25, 0.3) is 16.8 Å². The van der Waals surface area contributed by atoms with Gasteiger partial charge in [-0.05, 0) is 40.1 Å². The van der Waals surface area contributed by atoms with Gasteiger partial charge in [-0.2, -0.15) is 0 Å². The van der Waals surface area contributed by atoms with E-state index in [2.05, 4.69) is 39.8 Å². The normalized spacial score (nSPS) is 14.5. The quantitative estimate of drug-likeness (QED) is 0.124. The number of nitrogens with zero attached hydrogens (tertiary/aromatic N) is 3. The predicted octanol–water partition coefficient (Wildman–Crippen LogP) is 5.83. The molecule has 0 spiro atoms. The topological polar surface area (TPSA) is 84.4 Å². The molecular formula is C26H20N4O3S4. The largest absolute Gasteiger partial charge is 0.497 e. The number of benzene rings is 3. The summed E-state index contributed by atoms with van der Waals surface area (Å²) in [5, 5.41) is 13.8. The van der Waals surface area contributed by atoms with Gasteiger partial charge in [0.25, 0.3) is 5.91 Å². The molecule has 1 N–H and O–H groups in total. The Bertz CT molecular complexity index is 1510. The highest BCUT2D eigenvalue weighted by molar-refractivity contribution is 8.26. The second kappa shape index (κ2) is 11.4. The molecule has 1 aliphatic rings. The van der Waals surface area contributed by atoms with E-state index in [-0.39, 0.29) is 18.4 Å². The van der Waals surface area contributed by atoms with Gasteiger partial charge >= 0.3 is 0 Å². The summed E-state index contributed by atoms with van der Waals surface area (Å²) in [6.45, 7) is -0.192. The van der Waals surface area contributed by atoms with Gasteiger partial charge in [0.1, 0.15) is 16.6 Å². The molecule has 1 aliphatic heterocycles. The third kappa shape index (κ3) is 6.02. The van der Waals surface area contributed by atoms with Gasteiger partial charge in [-0.1, -0.05) is 102 Å². The van der Waals surface area contributed by atoms with Crippen molar-refractivity contribution < 1.29 is 14.3 Å². The van der Waals surface area contributed by atoms with Crippen LogP contribution in [-0.2, 0) is 15.3 Å². The van der Waals surface area contributed by atoms with Gasteiger partial charge < -0.3 is 4.74 Å². The van der Waals surface area contributed by atoms with Crippen LogP contribution in [0.15, 0.2) is 76.0 Å². The number of amides is 2. The summed E-state index contributed by atoms with van der Waals surface area (Å²) in [7, 11) is 1.60. The number of anilines is 1. The molecule has 186 valence electrons. The number of thiocarbonyl (C=S) groups is 1. The van der Waals surface area contributed by atoms with Crippen molar-refractivity contribution in [3.8, 4) is 5.75 Å². The average Bonchev–Trinajstić information content (AvgIpc) is 3.46. The number of methoxy groups -OCH3 is 1. The lowest BCUT2D eigenvalue weighted by molar-refractivity contribution is -0.126. The van der Waals surface area contributed by atoms with E-state index in [1.54, 1.807) is 24.9 Å².